The van der Waals surface area contributed by atoms with Crippen molar-refractivity contribution >= 4 is 22.9 Å². The lowest BCUT2D eigenvalue weighted by Crippen LogP contribution is -2.12. The maximum absolute atomic E-state index is 13.1. The molecular weight excluding hydrogens is 464 g/mol. The lowest BCUT2D eigenvalue weighted by Gasteiger charge is -2.11. The first-order valence-corrected chi connectivity index (χ1v) is 11.9. The van der Waals surface area contributed by atoms with E-state index in [4.69, 9.17) is 19.3 Å². The molecule has 0 saturated heterocycles. The van der Waals surface area contributed by atoms with Gasteiger partial charge in [0.1, 0.15) is 22.1 Å². The van der Waals surface area contributed by atoms with Gasteiger partial charge >= 0.3 is 0 Å². The number of carbonyl (C=O) groups is 1. The van der Waals surface area contributed by atoms with Crippen LogP contribution in [0.4, 0.5) is 5.69 Å². The predicted octanol–water partition coefficient (Wildman–Crippen LogP) is 5.12. The molecule has 0 radical (unpaired) electrons. The second kappa shape index (κ2) is 10.2. The number of rotatable bonds is 8. The molecule has 35 heavy (non-hydrogen) atoms. The number of hydrogen-bond acceptors (Lipinski definition) is 7. The Morgan fingerprint density at radius 3 is 2.29 bits per heavy atom. The third kappa shape index (κ3) is 5.00. The topological polar surface area (TPSA) is 87.5 Å². The summed E-state index contributed by atoms with van der Waals surface area (Å²) in [5.74, 6) is 1.73. The Labute approximate surface area is 208 Å². The van der Waals surface area contributed by atoms with Crippen LogP contribution in [0.15, 0.2) is 42.5 Å². The lowest BCUT2D eigenvalue weighted by molar-refractivity contribution is 0.102. The molecule has 182 valence electrons. The third-order valence-electron chi connectivity index (χ3n) is 5.81. The van der Waals surface area contributed by atoms with E-state index in [9.17, 15) is 4.79 Å². The molecule has 2 heterocycles. The number of methoxy groups -OCH3 is 3. The van der Waals surface area contributed by atoms with Crippen molar-refractivity contribution < 1.29 is 19.0 Å². The van der Waals surface area contributed by atoms with Crippen LogP contribution in [-0.4, -0.2) is 42.0 Å². The Morgan fingerprint density at radius 1 is 0.943 bits per heavy atom. The van der Waals surface area contributed by atoms with Crippen LogP contribution >= 0.6 is 11.3 Å². The molecule has 1 N–H and O–H groups in total. The van der Waals surface area contributed by atoms with Gasteiger partial charge < -0.3 is 19.5 Å². The van der Waals surface area contributed by atoms with E-state index >= 15 is 0 Å². The zero-order valence-electron chi connectivity index (χ0n) is 20.6. The number of aromatic nitrogens is 3. The molecule has 0 bridgehead atoms. The molecule has 9 heteroatoms. The standard InChI is InChI=1S/C26H28N4O4S/c1-15-21(13-18-7-9-19(32-4)10-8-18)17(3)30(29-15)26-27-16(2)24(35-26)25(31)28-22-12-11-20(33-5)14-23(22)34-6/h7-12,14H,13H2,1-6H3,(H,28,31). The highest BCUT2D eigenvalue weighted by Crippen LogP contribution is 2.31. The van der Waals surface area contributed by atoms with E-state index in [1.807, 2.05) is 37.6 Å². The lowest BCUT2D eigenvalue weighted by atomic mass is 10.0. The van der Waals surface area contributed by atoms with Crippen LogP contribution in [0.2, 0.25) is 0 Å². The SMILES string of the molecule is COc1ccc(Cc2c(C)nn(-c3nc(C)c(C(=O)Nc4ccc(OC)cc4OC)s3)c2C)cc1. The maximum atomic E-state index is 13.1. The highest BCUT2D eigenvalue weighted by atomic mass is 32.1. The van der Waals surface area contributed by atoms with Gasteiger partial charge in [0, 0.05) is 23.7 Å². The molecule has 2 aromatic carbocycles. The average Bonchev–Trinajstić information content (AvgIpc) is 3.39. The Hall–Kier alpha value is -3.85. The monoisotopic (exact) mass is 492 g/mol. The molecule has 0 aliphatic carbocycles. The molecule has 0 aliphatic heterocycles. The molecule has 0 unspecified atom stereocenters. The van der Waals surface area contributed by atoms with Crippen molar-refractivity contribution in [1.82, 2.24) is 14.8 Å². The molecular formula is C26H28N4O4S. The van der Waals surface area contributed by atoms with Crippen molar-refractivity contribution in [2.24, 2.45) is 0 Å². The molecule has 2 aromatic heterocycles. The molecule has 4 aromatic rings. The van der Waals surface area contributed by atoms with Crippen LogP contribution in [0.5, 0.6) is 17.2 Å². The van der Waals surface area contributed by atoms with Gasteiger partial charge in [-0.25, -0.2) is 9.67 Å². The number of thiazole rings is 1. The Kier molecular flexibility index (Phi) is 7.07. The Balaban J connectivity index is 1.58. The highest BCUT2D eigenvalue weighted by molar-refractivity contribution is 7.16. The summed E-state index contributed by atoms with van der Waals surface area (Å²) in [5.41, 5.74) is 5.42. The summed E-state index contributed by atoms with van der Waals surface area (Å²) in [6.45, 7) is 5.84. The summed E-state index contributed by atoms with van der Waals surface area (Å²) in [6, 6.07) is 13.3. The van der Waals surface area contributed by atoms with Crippen LogP contribution in [-0.2, 0) is 6.42 Å². The summed E-state index contributed by atoms with van der Waals surface area (Å²) in [7, 11) is 4.79. The van der Waals surface area contributed by atoms with E-state index in [0.717, 1.165) is 29.1 Å². The summed E-state index contributed by atoms with van der Waals surface area (Å²) in [6.07, 6.45) is 0.747. The van der Waals surface area contributed by atoms with Gasteiger partial charge in [-0.3, -0.25) is 4.79 Å². The maximum Gasteiger partial charge on any atom is 0.267 e. The minimum absolute atomic E-state index is 0.255. The first kappa shape index (κ1) is 24.3. The zero-order chi connectivity index (χ0) is 25.1. The summed E-state index contributed by atoms with van der Waals surface area (Å²) >= 11 is 1.30. The molecule has 0 aliphatic rings. The Bertz CT molecular complexity index is 1360. The summed E-state index contributed by atoms with van der Waals surface area (Å²) < 4.78 is 17.7. The first-order valence-electron chi connectivity index (χ1n) is 11.0. The minimum Gasteiger partial charge on any atom is -0.497 e. The number of anilines is 1. The second-order valence-electron chi connectivity index (χ2n) is 8.02. The first-order chi connectivity index (χ1) is 16.8. The average molecular weight is 493 g/mol. The van der Waals surface area contributed by atoms with Crippen LogP contribution in [0.1, 0.15) is 37.9 Å². The number of benzene rings is 2. The Morgan fingerprint density at radius 2 is 1.63 bits per heavy atom. The van der Waals surface area contributed by atoms with Gasteiger partial charge in [0.2, 0.25) is 5.13 Å². The summed E-state index contributed by atoms with van der Waals surface area (Å²) in [4.78, 5) is 18.3. The van der Waals surface area contributed by atoms with Crippen LogP contribution in [0, 0.1) is 20.8 Å². The minimum atomic E-state index is -0.255. The van der Waals surface area contributed by atoms with Crippen molar-refractivity contribution in [2.75, 3.05) is 26.6 Å². The van der Waals surface area contributed by atoms with E-state index in [1.54, 1.807) is 39.5 Å². The molecule has 0 atom stereocenters. The quantitative estimate of drug-likeness (QED) is 0.367. The van der Waals surface area contributed by atoms with E-state index in [0.29, 0.717) is 32.9 Å². The molecule has 1 amide bonds. The van der Waals surface area contributed by atoms with Crippen molar-refractivity contribution in [3.63, 3.8) is 0 Å². The third-order valence-corrected chi connectivity index (χ3v) is 6.94. The smallest absolute Gasteiger partial charge is 0.267 e. The van der Waals surface area contributed by atoms with Gasteiger partial charge in [-0.1, -0.05) is 23.5 Å². The normalized spacial score (nSPS) is 10.8. The number of ether oxygens (including phenoxy) is 3. The largest absolute Gasteiger partial charge is 0.497 e. The second-order valence-corrected chi connectivity index (χ2v) is 8.99. The van der Waals surface area contributed by atoms with E-state index in [2.05, 4.69) is 22.4 Å². The van der Waals surface area contributed by atoms with Gasteiger partial charge in [-0.2, -0.15) is 5.10 Å². The fourth-order valence-electron chi connectivity index (χ4n) is 3.83. The van der Waals surface area contributed by atoms with E-state index in [-0.39, 0.29) is 5.91 Å². The van der Waals surface area contributed by atoms with E-state index < -0.39 is 0 Å². The highest BCUT2D eigenvalue weighted by Gasteiger charge is 2.21. The zero-order valence-corrected chi connectivity index (χ0v) is 21.4. The van der Waals surface area contributed by atoms with Gasteiger partial charge in [0.15, 0.2) is 0 Å². The van der Waals surface area contributed by atoms with Gasteiger partial charge in [0.25, 0.3) is 5.91 Å². The van der Waals surface area contributed by atoms with E-state index in [1.165, 1.54) is 16.9 Å². The number of nitrogens with zero attached hydrogens (tertiary/aromatic N) is 3. The molecule has 0 fully saturated rings. The molecule has 4 rings (SSSR count). The number of nitrogens with one attached hydrogen (secondary N) is 1. The van der Waals surface area contributed by atoms with Crippen molar-refractivity contribution in [1.29, 1.82) is 0 Å². The predicted molar refractivity (Wildman–Crippen MR) is 137 cm³/mol. The van der Waals surface area contributed by atoms with Crippen molar-refractivity contribution in [3.8, 4) is 22.4 Å². The van der Waals surface area contributed by atoms with Crippen LogP contribution in [0.25, 0.3) is 5.13 Å². The molecule has 0 spiro atoms. The van der Waals surface area contributed by atoms with Gasteiger partial charge in [-0.05, 0) is 50.6 Å². The van der Waals surface area contributed by atoms with Crippen molar-refractivity contribution in [2.45, 2.75) is 27.2 Å². The molecule has 8 nitrogen and oxygen atoms in total. The fourth-order valence-corrected chi connectivity index (χ4v) is 4.80. The van der Waals surface area contributed by atoms with Crippen LogP contribution < -0.4 is 19.5 Å². The summed E-state index contributed by atoms with van der Waals surface area (Å²) in [5, 5.41) is 8.30. The number of carbonyl (C=O) groups excluding carboxylic acids is 1. The fraction of sp³-hybridized carbons (Fsp3) is 0.269. The van der Waals surface area contributed by atoms with Gasteiger partial charge in [0.05, 0.1) is 38.4 Å². The molecule has 0 saturated carbocycles. The number of amides is 1. The number of hydrogen-bond donors (Lipinski definition) is 1. The van der Waals surface area contributed by atoms with Crippen molar-refractivity contribution in [3.05, 3.63) is 75.6 Å². The van der Waals surface area contributed by atoms with Crippen LogP contribution in [0.3, 0.4) is 0 Å². The number of aryl methyl sites for hydroxylation is 2. The van der Waals surface area contributed by atoms with Gasteiger partial charge in [-0.15, -0.1) is 0 Å².